The van der Waals surface area contributed by atoms with Gasteiger partial charge in [0.25, 0.3) is 11.7 Å². The number of carbonyl (C=O) groups is 1. The van der Waals surface area contributed by atoms with E-state index < -0.39 is 0 Å². The quantitative estimate of drug-likeness (QED) is 0.854. The SMILES string of the molecule is Cc1ccccc1OCCN(C)C(=O)c1nn[nH]n1. The molecule has 7 heteroatoms. The van der Waals surface area contributed by atoms with Crippen LogP contribution in [0.25, 0.3) is 0 Å². The van der Waals surface area contributed by atoms with E-state index in [0.717, 1.165) is 11.3 Å². The number of ether oxygens (including phenoxy) is 1. The Hall–Kier alpha value is -2.44. The van der Waals surface area contributed by atoms with Crippen LogP contribution >= 0.6 is 0 Å². The maximum Gasteiger partial charge on any atom is 0.295 e. The lowest BCUT2D eigenvalue weighted by molar-refractivity contribution is 0.0761. The fourth-order valence-electron chi connectivity index (χ4n) is 1.54. The largest absolute Gasteiger partial charge is 0.491 e. The number of amides is 1. The lowest BCUT2D eigenvalue weighted by atomic mass is 10.2. The highest BCUT2D eigenvalue weighted by Crippen LogP contribution is 2.15. The van der Waals surface area contributed by atoms with Crippen LogP contribution in [0.4, 0.5) is 0 Å². The minimum atomic E-state index is -0.290. The van der Waals surface area contributed by atoms with E-state index in [0.29, 0.717) is 13.2 Å². The van der Waals surface area contributed by atoms with E-state index in [4.69, 9.17) is 4.74 Å². The first kappa shape index (κ1) is 13.0. The molecule has 0 aliphatic rings. The van der Waals surface area contributed by atoms with Crippen LogP contribution in [0.2, 0.25) is 0 Å². The number of hydrogen-bond acceptors (Lipinski definition) is 5. The van der Waals surface area contributed by atoms with Crippen LogP contribution in [-0.4, -0.2) is 51.6 Å². The maximum absolute atomic E-state index is 11.8. The molecule has 1 aromatic carbocycles. The third-order valence-corrected chi connectivity index (χ3v) is 2.66. The molecular formula is C12H15N5O2. The van der Waals surface area contributed by atoms with Crippen LogP contribution in [0.15, 0.2) is 24.3 Å². The zero-order valence-electron chi connectivity index (χ0n) is 10.8. The van der Waals surface area contributed by atoms with Crippen LogP contribution < -0.4 is 4.74 Å². The van der Waals surface area contributed by atoms with E-state index in [-0.39, 0.29) is 11.7 Å². The number of rotatable bonds is 5. The van der Waals surface area contributed by atoms with Gasteiger partial charge >= 0.3 is 0 Å². The lowest BCUT2D eigenvalue weighted by Crippen LogP contribution is -2.31. The average Bonchev–Trinajstić information content (AvgIpc) is 2.94. The molecule has 1 N–H and O–H groups in total. The van der Waals surface area contributed by atoms with Crippen LogP contribution in [0.1, 0.15) is 16.2 Å². The van der Waals surface area contributed by atoms with Gasteiger partial charge in [0.05, 0.1) is 6.54 Å². The second-order valence-corrected chi connectivity index (χ2v) is 4.08. The minimum Gasteiger partial charge on any atom is -0.491 e. The van der Waals surface area contributed by atoms with Gasteiger partial charge in [0.2, 0.25) is 0 Å². The van der Waals surface area contributed by atoms with Gasteiger partial charge in [-0.3, -0.25) is 4.79 Å². The summed E-state index contributed by atoms with van der Waals surface area (Å²) in [6.45, 7) is 2.83. The summed E-state index contributed by atoms with van der Waals surface area (Å²) in [7, 11) is 1.67. The molecule has 2 aromatic rings. The van der Waals surface area contributed by atoms with Crippen molar-refractivity contribution >= 4 is 5.91 Å². The smallest absolute Gasteiger partial charge is 0.295 e. The monoisotopic (exact) mass is 261 g/mol. The first-order valence-corrected chi connectivity index (χ1v) is 5.86. The maximum atomic E-state index is 11.8. The van der Waals surface area contributed by atoms with Crippen LogP contribution in [0, 0.1) is 6.92 Å². The predicted octanol–water partition coefficient (Wildman–Crippen LogP) is 0.659. The molecule has 0 saturated heterocycles. The molecule has 7 nitrogen and oxygen atoms in total. The molecule has 0 spiro atoms. The molecule has 0 fully saturated rings. The fraction of sp³-hybridized carbons (Fsp3) is 0.333. The molecule has 1 heterocycles. The van der Waals surface area contributed by atoms with E-state index in [1.54, 1.807) is 7.05 Å². The highest BCUT2D eigenvalue weighted by atomic mass is 16.5. The molecule has 0 unspecified atom stereocenters. The molecule has 0 saturated carbocycles. The molecule has 19 heavy (non-hydrogen) atoms. The Labute approximate surface area is 110 Å². The number of likely N-dealkylation sites (N-methyl/N-ethyl adjacent to an activating group) is 1. The van der Waals surface area contributed by atoms with Gasteiger partial charge in [-0.05, 0) is 23.8 Å². The first-order chi connectivity index (χ1) is 9.18. The second kappa shape index (κ2) is 5.94. The molecular weight excluding hydrogens is 246 g/mol. The summed E-state index contributed by atoms with van der Waals surface area (Å²) in [5.41, 5.74) is 1.06. The van der Waals surface area contributed by atoms with Crippen molar-refractivity contribution in [3.8, 4) is 5.75 Å². The van der Waals surface area contributed by atoms with Gasteiger partial charge in [0.15, 0.2) is 0 Å². The van der Waals surface area contributed by atoms with Crippen molar-refractivity contribution in [2.45, 2.75) is 6.92 Å². The number of para-hydroxylation sites is 1. The van der Waals surface area contributed by atoms with Gasteiger partial charge in [-0.15, -0.1) is 10.2 Å². The third kappa shape index (κ3) is 3.27. The topological polar surface area (TPSA) is 84.0 Å². The molecule has 0 atom stereocenters. The Morgan fingerprint density at radius 2 is 2.21 bits per heavy atom. The average molecular weight is 261 g/mol. The fourth-order valence-corrected chi connectivity index (χ4v) is 1.54. The van der Waals surface area contributed by atoms with E-state index >= 15 is 0 Å². The van der Waals surface area contributed by atoms with Gasteiger partial charge in [0, 0.05) is 7.05 Å². The van der Waals surface area contributed by atoms with Gasteiger partial charge < -0.3 is 9.64 Å². The zero-order valence-corrected chi connectivity index (χ0v) is 10.8. The van der Waals surface area contributed by atoms with Crippen molar-refractivity contribution in [2.75, 3.05) is 20.2 Å². The summed E-state index contributed by atoms with van der Waals surface area (Å²) in [5.74, 6) is 0.587. The van der Waals surface area contributed by atoms with Crippen molar-refractivity contribution in [1.29, 1.82) is 0 Å². The Balaban J connectivity index is 1.83. The number of aryl methyl sites for hydroxylation is 1. The van der Waals surface area contributed by atoms with Crippen molar-refractivity contribution in [3.05, 3.63) is 35.7 Å². The van der Waals surface area contributed by atoms with Gasteiger partial charge in [-0.1, -0.05) is 18.2 Å². The number of nitrogens with one attached hydrogen (secondary N) is 1. The number of carbonyl (C=O) groups excluding carboxylic acids is 1. The summed E-state index contributed by atoms with van der Waals surface area (Å²) in [6, 6.07) is 7.74. The summed E-state index contributed by atoms with van der Waals surface area (Å²) in [5, 5.41) is 12.9. The molecule has 100 valence electrons. The van der Waals surface area contributed by atoms with Gasteiger partial charge in [-0.2, -0.15) is 5.21 Å². The summed E-state index contributed by atoms with van der Waals surface area (Å²) in [6.07, 6.45) is 0. The minimum absolute atomic E-state index is 0.0541. The van der Waals surface area contributed by atoms with Crippen molar-refractivity contribution in [2.24, 2.45) is 0 Å². The van der Waals surface area contributed by atoms with Gasteiger partial charge in [-0.25, -0.2) is 0 Å². The van der Waals surface area contributed by atoms with Crippen molar-refractivity contribution in [1.82, 2.24) is 25.5 Å². The molecule has 0 aliphatic heterocycles. The molecule has 0 aliphatic carbocycles. The normalized spacial score (nSPS) is 10.2. The lowest BCUT2D eigenvalue weighted by Gasteiger charge is -2.16. The van der Waals surface area contributed by atoms with Crippen molar-refractivity contribution in [3.63, 3.8) is 0 Å². The van der Waals surface area contributed by atoms with Crippen LogP contribution in [0.3, 0.4) is 0 Å². The summed E-state index contributed by atoms with van der Waals surface area (Å²) in [4.78, 5) is 13.3. The first-order valence-electron chi connectivity index (χ1n) is 5.86. The number of hydrogen-bond donors (Lipinski definition) is 1. The summed E-state index contributed by atoms with van der Waals surface area (Å²) < 4.78 is 5.62. The predicted molar refractivity (Wildman–Crippen MR) is 67.8 cm³/mol. The number of aromatic amines is 1. The molecule has 1 aromatic heterocycles. The zero-order chi connectivity index (χ0) is 13.7. The molecule has 0 radical (unpaired) electrons. The van der Waals surface area contributed by atoms with Crippen molar-refractivity contribution < 1.29 is 9.53 Å². The number of benzene rings is 1. The van der Waals surface area contributed by atoms with Gasteiger partial charge in [0.1, 0.15) is 12.4 Å². The number of H-pyrrole nitrogens is 1. The number of tetrazole rings is 1. The second-order valence-electron chi connectivity index (χ2n) is 4.08. The van der Waals surface area contributed by atoms with E-state index in [9.17, 15) is 4.79 Å². The molecule has 2 rings (SSSR count). The van der Waals surface area contributed by atoms with Crippen LogP contribution in [-0.2, 0) is 0 Å². The number of aromatic nitrogens is 4. The molecule has 1 amide bonds. The Bertz CT molecular complexity index is 541. The third-order valence-electron chi connectivity index (χ3n) is 2.66. The Morgan fingerprint density at radius 3 is 2.89 bits per heavy atom. The highest BCUT2D eigenvalue weighted by Gasteiger charge is 2.15. The number of nitrogens with zero attached hydrogens (tertiary/aromatic N) is 4. The van der Waals surface area contributed by atoms with E-state index in [1.807, 2.05) is 31.2 Å². The van der Waals surface area contributed by atoms with E-state index in [1.165, 1.54) is 4.90 Å². The molecule has 0 bridgehead atoms. The Morgan fingerprint density at radius 1 is 1.42 bits per heavy atom. The standard InChI is InChI=1S/C12H15N5O2/c1-9-5-3-4-6-10(9)19-8-7-17(2)12(18)11-13-15-16-14-11/h3-6H,7-8H2,1-2H3,(H,13,14,15,16). The highest BCUT2D eigenvalue weighted by molar-refractivity contribution is 5.89. The van der Waals surface area contributed by atoms with E-state index in [2.05, 4.69) is 20.6 Å². The Kier molecular flexibility index (Phi) is 4.07. The van der Waals surface area contributed by atoms with Crippen LogP contribution in [0.5, 0.6) is 5.75 Å². The summed E-state index contributed by atoms with van der Waals surface area (Å²) >= 11 is 0.